The molecule has 0 aliphatic heterocycles. The number of nitrogens with one attached hydrogen (secondary N) is 1. The van der Waals surface area contributed by atoms with E-state index < -0.39 is 0 Å². The Balaban J connectivity index is 1.57. The molecule has 26 heavy (non-hydrogen) atoms. The van der Waals surface area contributed by atoms with Crippen molar-refractivity contribution in [3.63, 3.8) is 0 Å². The van der Waals surface area contributed by atoms with E-state index in [1.807, 2.05) is 73.7 Å². The molecule has 0 aliphatic carbocycles. The zero-order valence-electron chi connectivity index (χ0n) is 14.5. The van der Waals surface area contributed by atoms with E-state index in [1.54, 1.807) is 18.2 Å². The lowest BCUT2D eigenvalue weighted by Crippen LogP contribution is -2.07. The first kappa shape index (κ1) is 17.3. The van der Waals surface area contributed by atoms with Crippen LogP contribution in [0.3, 0.4) is 0 Å². The van der Waals surface area contributed by atoms with Crippen molar-refractivity contribution < 1.29 is 4.79 Å². The average Bonchev–Trinajstić information content (AvgIpc) is 2.68. The second kappa shape index (κ2) is 8.53. The Morgan fingerprint density at radius 3 is 2.08 bits per heavy atom. The zero-order chi connectivity index (χ0) is 18.2. The molecule has 4 heteroatoms. The van der Waals surface area contributed by atoms with Gasteiger partial charge in [0.25, 0.3) is 0 Å². The molecule has 0 aliphatic rings. The molecule has 0 aromatic heterocycles. The monoisotopic (exact) mass is 341 g/mol. The van der Waals surface area contributed by atoms with E-state index >= 15 is 0 Å². The third-order valence-corrected chi connectivity index (χ3v) is 3.68. The third kappa shape index (κ3) is 5.24. The van der Waals surface area contributed by atoms with E-state index in [2.05, 4.69) is 15.5 Å². The second-order valence-corrected chi connectivity index (χ2v) is 5.82. The number of amides is 1. The van der Waals surface area contributed by atoms with Gasteiger partial charge < -0.3 is 5.32 Å². The first-order chi connectivity index (χ1) is 12.7. The Morgan fingerprint density at radius 1 is 0.808 bits per heavy atom. The van der Waals surface area contributed by atoms with Gasteiger partial charge in [0.1, 0.15) is 0 Å². The summed E-state index contributed by atoms with van der Waals surface area (Å²) in [7, 11) is 0. The molecule has 0 radical (unpaired) electrons. The van der Waals surface area contributed by atoms with Crippen LogP contribution in [0.5, 0.6) is 0 Å². The predicted molar refractivity (Wildman–Crippen MR) is 106 cm³/mol. The van der Waals surface area contributed by atoms with E-state index in [4.69, 9.17) is 0 Å². The molecule has 0 fully saturated rings. The van der Waals surface area contributed by atoms with Gasteiger partial charge in [0.2, 0.25) is 5.91 Å². The number of benzene rings is 3. The summed E-state index contributed by atoms with van der Waals surface area (Å²) in [5.41, 5.74) is 4.41. The lowest BCUT2D eigenvalue weighted by molar-refractivity contribution is -0.111. The van der Waals surface area contributed by atoms with Crippen LogP contribution >= 0.6 is 0 Å². The number of carbonyl (C=O) groups excluding carboxylic acids is 1. The van der Waals surface area contributed by atoms with Crippen molar-refractivity contribution in [1.82, 2.24) is 0 Å². The highest BCUT2D eigenvalue weighted by Gasteiger charge is 1.98. The van der Waals surface area contributed by atoms with Crippen molar-refractivity contribution in [3.05, 3.63) is 96.1 Å². The lowest BCUT2D eigenvalue weighted by atomic mass is 10.1. The molecule has 0 atom stereocenters. The quantitative estimate of drug-likeness (QED) is 0.445. The second-order valence-electron chi connectivity index (χ2n) is 5.82. The largest absolute Gasteiger partial charge is 0.323 e. The van der Waals surface area contributed by atoms with Crippen molar-refractivity contribution in [2.45, 2.75) is 6.92 Å². The maximum absolute atomic E-state index is 12.0. The van der Waals surface area contributed by atoms with Gasteiger partial charge in [-0.05, 0) is 55.0 Å². The molecule has 0 saturated heterocycles. The van der Waals surface area contributed by atoms with Crippen LogP contribution in [0.2, 0.25) is 0 Å². The number of rotatable bonds is 5. The van der Waals surface area contributed by atoms with E-state index in [-0.39, 0.29) is 5.91 Å². The van der Waals surface area contributed by atoms with Gasteiger partial charge in [-0.25, -0.2) is 0 Å². The fraction of sp³-hybridized carbons (Fsp3) is 0.0455. The smallest absolute Gasteiger partial charge is 0.248 e. The van der Waals surface area contributed by atoms with E-state index in [0.29, 0.717) is 5.69 Å². The maximum atomic E-state index is 12.0. The number of azo groups is 1. The zero-order valence-corrected chi connectivity index (χ0v) is 14.5. The van der Waals surface area contributed by atoms with Crippen LogP contribution in [-0.4, -0.2) is 5.91 Å². The summed E-state index contributed by atoms with van der Waals surface area (Å²) in [5, 5.41) is 11.2. The Kier molecular flexibility index (Phi) is 5.68. The highest BCUT2D eigenvalue weighted by atomic mass is 16.1. The Bertz CT molecular complexity index is 912. The summed E-state index contributed by atoms with van der Waals surface area (Å²) in [6, 6.07) is 24.7. The molecule has 0 spiro atoms. The van der Waals surface area contributed by atoms with Gasteiger partial charge in [0.05, 0.1) is 11.4 Å². The maximum Gasteiger partial charge on any atom is 0.248 e. The summed E-state index contributed by atoms with van der Waals surface area (Å²) >= 11 is 0. The highest BCUT2D eigenvalue weighted by Crippen LogP contribution is 2.20. The minimum Gasteiger partial charge on any atom is -0.323 e. The lowest BCUT2D eigenvalue weighted by Gasteiger charge is -2.02. The number of anilines is 1. The molecule has 3 aromatic rings. The van der Waals surface area contributed by atoms with Crippen LogP contribution in [0.15, 0.2) is 95.2 Å². The van der Waals surface area contributed by atoms with E-state index in [0.717, 1.165) is 16.9 Å². The van der Waals surface area contributed by atoms with Crippen LogP contribution in [0, 0.1) is 6.92 Å². The Hall–Kier alpha value is -3.53. The van der Waals surface area contributed by atoms with Crippen LogP contribution in [0.25, 0.3) is 6.08 Å². The van der Waals surface area contributed by atoms with Gasteiger partial charge >= 0.3 is 0 Å². The molecule has 1 amide bonds. The van der Waals surface area contributed by atoms with Gasteiger partial charge in [-0.2, -0.15) is 10.2 Å². The van der Waals surface area contributed by atoms with Crippen molar-refractivity contribution in [3.8, 4) is 0 Å². The van der Waals surface area contributed by atoms with Crippen LogP contribution < -0.4 is 5.32 Å². The summed E-state index contributed by atoms with van der Waals surface area (Å²) in [4.78, 5) is 12.0. The third-order valence-electron chi connectivity index (χ3n) is 3.68. The van der Waals surface area contributed by atoms with E-state index in [1.165, 1.54) is 11.6 Å². The van der Waals surface area contributed by atoms with Gasteiger partial charge in [-0.3, -0.25) is 4.79 Å². The number of hydrogen-bond acceptors (Lipinski definition) is 3. The van der Waals surface area contributed by atoms with Crippen LogP contribution in [-0.2, 0) is 4.79 Å². The summed E-state index contributed by atoms with van der Waals surface area (Å²) < 4.78 is 0. The molecule has 0 saturated carbocycles. The van der Waals surface area contributed by atoms with Crippen molar-refractivity contribution in [1.29, 1.82) is 0 Å². The number of aryl methyl sites for hydroxylation is 1. The van der Waals surface area contributed by atoms with Crippen molar-refractivity contribution >= 4 is 29.0 Å². The minimum absolute atomic E-state index is 0.177. The van der Waals surface area contributed by atoms with Crippen molar-refractivity contribution in [2.75, 3.05) is 5.32 Å². The molecule has 0 unspecified atom stereocenters. The normalized spacial score (nSPS) is 11.1. The van der Waals surface area contributed by atoms with Gasteiger partial charge in [0.15, 0.2) is 0 Å². The Labute approximate surface area is 152 Å². The standard InChI is InChI=1S/C22H19N3O/c1-17-7-9-18(10-8-17)11-16-22(26)23-19-12-14-21(15-13-19)25-24-20-5-3-2-4-6-20/h2-16H,1H3,(H,23,26). The number of carbonyl (C=O) groups is 1. The van der Waals surface area contributed by atoms with Gasteiger partial charge in [0, 0.05) is 11.8 Å². The molecular formula is C22H19N3O. The molecule has 3 rings (SSSR count). The molecule has 4 nitrogen and oxygen atoms in total. The predicted octanol–water partition coefficient (Wildman–Crippen LogP) is 6.06. The molecule has 0 bridgehead atoms. The Morgan fingerprint density at radius 2 is 1.42 bits per heavy atom. The average molecular weight is 341 g/mol. The van der Waals surface area contributed by atoms with Crippen molar-refractivity contribution in [2.24, 2.45) is 10.2 Å². The molecule has 3 aromatic carbocycles. The van der Waals surface area contributed by atoms with Crippen LogP contribution in [0.1, 0.15) is 11.1 Å². The van der Waals surface area contributed by atoms with Crippen LogP contribution in [0.4, 0.5) is 17.1 Å². The number of hydrogen-bond donors (Lipinski definition) is 1. The summed E-state index contributed by atoms with van der Waals surface area (Å²) in [6.07, 6.45) is 3.31. The summed E-state index contributed by atoms with van der Waals surface area (Å²) in [6.45, 7) is 2.03. The fourth-order valence-electron chi connectivity index (χ4n) is 2.25. The summed E-state index contributed by atoms with van der Waals surface area (Å²) in [5.74, 6) is -0.177. The molecule has 128 valence electrons. The fourth-order valence-corrected chi connectivity index (χ4v) is 2.25. The first-order valence-corrected chi connectivity index (χ1v) is 8.32. The van der Waals surface area contributed by atoms with Gasteiger partial charge in [-0.1, -0.05) is 48.0 Å². The topological polar surface area (TPSA) is 53.8 Å². The van der Waals surface area contributed by atoms with E-state index in [9.17, 15) is 4.79 Å². The minimum atomic E-state index is -0.177. The molecule has 0 heterocycles. The molecule has 1 N–H and O–H groups in total. The SMILES string of the molecule is Cc1ccc(C=CC(=O)Nc2ccc(N=Nc3ccccc3)cc2)cc1. The van der Waals surface area contributed by atoms with Gasteiger partial charge in [-0.15, -0.1) is 0 Å². The first-order valence-electron chi connectivity index (χ1n) is 8.32. The molecular weight excluding hydrogens is 322 g/mol. The highest BCUT2D eigenvalue weighted by molar-refractivity contribution is 6.01. The number of nitrogens with zero attached hydrogens (tertiary/aromatic N) is 2.